The van der Waals surface area contributed by atoms with Crippen molar-refractivity contribution >= 4 is 37.1 Å². The zero-order valence-corrected chi connectivity index (χ0v) is 29.6. The van der Waals surface area contributed by atoms with Gasteiger partial charge in [-0.15, -0.1) is 0 Å². The molecule has 14 nitrogen and oxygen atoms in total. The van der Waals surface area contributed by atoms with E-state index in [9.17, 15) is 33.5 Å². The van der Waals surface area contributed by atoms with Crippen molar-refractivity contribution in [3.63, 3.8) is 0 Å². The van der Waals surface area contributed by atoms with Crippen molar-refractivity contribution in [2.24, 2.45) is 5.92 Å². The van der Waals surface area contributed by atoms with E-state index in [1.165, 1.54) is 30.3 Å². The summed E-state index contributed by atoms with van der Waals surface area (Å²) in [5.74, 6) is -2.33. The first-order valence-electron chi connectivity index (χ1n) is 16.7. The zero-order chi connectivity index (χ0) is 37.0. The third-order valence-electron chi connectivity index (χ3n) is 8.13. The molecule has 0 saturated carbocycles. The first-order chi connectivity index (χ1) is 24.5. The molecule has 15 heteroatoms. The van der Waals surface area contributed by atoms with E-state index < -0.39 is 37.3 Å². The molecule has 2 heterocycles. The van der Waals surface area contributed by atoms with Crippen LogP contribution in [0.4, 0.5) is 0 Å². The van der Waals surface area contributed by atoms with E-state index >= 15 is 0 Å². The molecule has 0 aliphatic rings. The van der Waals surface area contributed by atoms with Crippen molar-refractivity contribution in [1.29, 1.82) is 0 Å². The Balaban J connectivity index is 1.41. The van der Waals surface area contributed by atoms with Gasteiger partial charge in [0.15, 0.2) is 5.76 Å². The van der Waals surface area contributed by atoms with E-state index in [2.05, 4.69) is 10.6 Å². The number of ether oxygens (including phenoxy) is 1. The first kappa shape index (κ1) is 38.6. The minimum atomic E-state index is -4.61. The normalized spacial score (nSPS) is 12.4. The van der Waals surface area contributed by atoms with Crippen molar-refractivity contribution in [3.05, 3.63) is 90.4 Å². The van der Waals surface area contributed by atoms with Gasteiger partial charge in [-0.2, -0.15) is 5.06 Å². The summed E-state index contributed by atoms with van der Waals surface area (Å²) < 4.78 is 24.9. The molecular weight excluding hydrogens is 679 g/mol. The van der Waals surface area contributed by atoms with Gasteiger partial charge in [0.05, 0.1) is 36.1 Å². The van der Waals surface area contributed by atoms with Crippen LogP contribution in [0.1, 0.15) is 73.8 Å². The minimum absolute atomic E-state index is 0.106. The number of carbonyl (C=O) groups excluding carboxylic acids is 4. The van der Waals surface area contributed by atoms with Crippen molar-refractivity contribution in [1.82, 2.24) is 20.3 Å². The number of benzene rings is 2. The van der Waals surface area contributed by atoms with Crippen LogP contribution in [0.25, 0.3) is 17.0 Å². The summed E-state index contributed by atoms with van der Waals surface area (Å²) in [6, 6.07) is 16.6. The van der Waals surface area contributed by atoms with Crippen LogP contribution in [-0.4, -0.2) is 62.9 Å². The number of furan rings is 1. The molecule has 51 heavy (non-hydrogen) atoms. The summed E-state index contributed by atoms with van der Waals surface area (Å²) in [5, 5.41) is 5.88. The topological polar surface area (TPSA) is 190 Å². The number of rotatable bonds is 19. The van der Waals surface area contributed by atoms with E-state index in [1.54, 1.807) is 38.1 Å². The number of hydroxylamine groups is 2. The molecule has 0 bridgehead atoms. The number of hydrogen-bond donors (Lipinski definition) is 4. The maximum absolute atomic E-state index is 13.5. The molecule has 0 saturated heterocycles. The van der Waals surface area contributed by atoms with E-state index in [4.69, 9.17) is 14.0 Å². The Bertz CT molecular complexity index is 1820. The van der Waals surface area contributed by atoms with Crippen LogP contribution in [-0.2, 0) is 19.0 Å². The molecule has 3 amide bonds. The van der Waals surface area contributed by atoms with Crippen LogP contribution in [0.3, 0.4) is 0 Å². The quantitative estimate of drug-likeness (QED) is 0.0339. The summed E-state index contributed by atoms with van der Waals surface area (Å²) in [7, 11) is -4.61. The maximum Gasteiger partial charge on any atom is 0.363 e. The van der Waals surface area contributed by atoms with Gasteiger partial charge in [-0.25, -0.2) is 4.79 Å². The lowest BCUT2D eigenvalue weighted by molar-refractivity contribution is -0.171. The molecule has 0 fully saturated rings. The molecule has 0 radical (unpaired) electrons. The van der Waals surface area contributed by atoms with E-state index in [0.29, 0.717) is 31.2 Å². The van der Waals surface area contributed by atoms with Gasteiger partial charge in [-0.1, -0.05) is 33.1 Å². The summed E-state index contributed by atoms with van der Waals surface area (Å²) in [6.07, 6.45) is 7.26. The third kappa shape index (κ3) is 10.4. The monoisotopic (exact) mass is 722 g/mol. The van der Waals surface area contributed by atoms with Gasteiger partial charge in [0.2, 0.25) is 12.3 Å². The number of amides is 3. The molecule has 0 aliphatic carbocycles. The standard InChI is InChI=1S/C36H43N4O10P/c1-4-7-8-11-30(31(5-2)40(24-41)50-36(44)25-12-14-27(15-13-25)39-18-9-10-19-39)34(42)37-23-38-35(43)33-17-16-32(49-33)26-20-28(48-6-3)22-29(21-26)51(45,46)47/h9-10,12-22,24,30-31H,4-8,11,23H2,1-3H3,(H,37,42)(H,38,43)(H2,45,46,47)/t30?,31-/m1/s1. The lowest BCUT2D eigenvalue weighted by Crippen LogP contribution is -2.49. The number of unbranched alkanes of at least 4 members (excludes halogenated alkanes) is 2. The minimum Gasteiger partial charge on any atom is -0.494 e. The smallest absolute Gasteiger partial charge is 0.363 e. The Hall–Kier alpha value is -5.17. The summed E-state index contributed by atoms with van der Waals surface area (Å²) >= 11 is 0. The molecular formula is C36H43N4O10P. The van der Waals surface area contributed by atoms with E-state index in [-0.39, 0.29) is 41.4 Å². The van der Waals surface area contributed by atoms with Crippen molar-refractivity contribution in [2.45, 2.75) is 58.9 Å². The molecule has 0 spiro atoms. The van der Waals surface area contributed by atoms with Gasteiger partial charge >= 0.3 is 13.6 Å². The van der Waals surface area contributed by atoms with Crippen LogP contribution >= 0.6 is 7.60 Å². The average molecular weight is 723 g/mol. The predicted molar refractivity (Wildman–Crippen MR) is 188 cm³/mol. The molecule has 2 aromatic heterocycles. The Kier molecular flexibility index (Phi) is 13.8. The number of hydrogen-bond acceptors (Lipinski definition) is 8. The Morgan fingerprint density at radius 3 is 2.33 bits per heavy atom. The number of nitrogens with one attached hydrogen (secondary N) is 2. The molecule has 2 atom stereocenters. The fourth-order valence-electron chi connectivity index (χ4n) is 5.54. The average Bonchev–Trinajstić information content (AvgIpc) is 3.84. The second kappa shape index (κ2) is 18.2. The molecule has 2 aromatic carbocycles. The fraction of sp³-hybridized carbons (Fsp3) is 0.333. The molecule has 0 aliphatic heterocycles. The van der Waals surface area contributed by atoms with Crippen LogP contribution < -0.4 is 20.7 Å². The van der Waals surface area contributed by atoms with Crippen LogP contribution in [0.15, 0.2) is 83.5 Å². The predicted octanol–water partition coefficient (Wildman–Crippen LogP) is 4.95. The number of aromatic nitrogens is 1. The van der Waals surface area contributed by atoms with Gasteiger partial charge in [0, 0.05) is 23.6 Å². The molecule has 1 unspecified atom stereocenters. The largest absolute Gasteiger partial charge is 0.494 e. The lowest BCUT2D eigenvalue weighted by atomic mass is 9.90. The van der Waals surface area contributed by atoms with Crippen molar-refractivity contribution in [3.8, 4) is 22.8 Å². The zero-order valence-electron chi connectivity index (χ0n) is 28.7. The van der Waals surface area contributed by atoms with Crippen LogP contribution in [0.5, 0.6) is 5.75 Å². The Morgan fingerprint density at radius 1 is 0.980 bits per heavy atom. The third-order valence-corrected chi connectivity index (χ3v) is 9.06. The van der Waals surface area contributed by atoms with E-state index in [0.717, 1.165) is 23.6 Å². The molecule has 272 valence electrons. The maximum atomic E-state index is 13.5. The second-order valence-electron chi connectivity index (χ2n) is 11.6. The molecule has 4 aromatic rings. The van der Waals surface area contributed by atoms with Crippen molar-refractivity contribution in [2.75, 3.05) is 13.3 Å². The van der Waals surface area contributed by atoms with Crippen LogP contribution in [0.2, 0.25) is 0 Å². The van der Waals surface area contributed by atoms with Gasteiger partial charge in [0.25, 0.3) is 5.91 Å². The highest BCUT2D eigenvalue weighted by Crippen LogP contribution is 2.37. The lowest BCUT2D eigenvalue weighted by Gasteiger charge is -2.31. The highest BCUT2D eigenvalue weighted by Gasteiger charge is 2.33. The Morgan fingerprint density at radius 2 is 1.71 bits per heavy atom. The molecule has 4 N–H and O–H groups in total. The number of carbonyl (C=O) groups is 4. The SMILES string of the molecule is CCCCCC(C(=O)NCNC(=O)c1ccc(-c2cc(OCC)cc(P(=O)(O)O)c2)o1)[C@@H](CC)N(C=O)OC(=O)c1ccc(-n2cccc2)cc1. The van der Waals surface area contributed by atoms with Gasteiger partial charge < -0.3 is 39.0 Å². The van der Waals surface area contributed by atoms with E-state index in [1.807, 2.05) is 36.0 Å². The fourth-order valence-corrected chi connectivity index (χ4v) is 6.14. The highest BCUT2D eigenvalue weighted by molar-refractivity contribution is 7.60. The van der Waals surface area contributed by atoms with Gasteiger partial charge in [-0.05, 0) is 86.5 Å². The second-order valence-corrected chi connectivity index (χ2v) is 13.2. The summed E-state index contributed by atoms with van der Waals surface area (Å²) in [4.78, 5) is 76.6. The van der Waals surface area contributed by atoms with Crippen molar-refractivity contribution < 1.29 is 47.5 Å². The Labute approximate surface area is 295 Å². The van der Waals surface area contributed by atoms with Gasteiger partial charge in [0.1, 0.15) is 11.5 Å². The highest BCUT2D eigenvalue weighted by atomic mass is 31.2. The van der Waals surface area contributed by atoms with Crippen LogP contribution in [0, 0.1) is 5.92 Å². The first-order valence-corrected chi connectivity index (χ1v) is 18.3. The number of nitrogens with zero attached hydrogens (tertiary/aromatic N) is 2. The summed E-state index contributed by atoms with van der Waals surface area (Å²) in [5.41, 5.74) is 1.36. The molecule has 4 rings (SSSR count). The summed E-state index contributed by atoms with van der Waals surface area (Å²) in [6.45, 7) is 5.53. The van der Waals surface area contributed by atoms with Gasteiger partial charge in [-0.3, -0.25) is 18.9 Å².